The first-order valence-corrected chi connectivity index (χ1v) is 11.6. The second-order valence-electron chi connectivity index (χ2n) is 9.10. The van der Waals surface area contributed by atoms with E-state index in [1.54, 1.807) is 12.1 Å². The van der Waals surface area contributed by atoms with Gasteiger partial charge >= 0.3 is 0 Å². The SMILES string of the molecule is CC(C)N1CCOc2c(F)cc(-c3nc(Nc4ccn(C5CCC(O)CC5)n4)ncc3F)cc21. The van der Waals surface area contributed by atoms with Gasteiger partial charge in [-0.05, 0) is 51.7 Å². The van der Waals surface area contributed by atoms with Gasteiger partial charge in [0.25, 0.3) is 0 Å². The Bertz CT molecular complexity index is 1180. The van der Waals surface area contributed by atoms with Gasteiger partial charge in [-0.3, -0.25) is 4.68 Å². The van der Waals surface area contributed by atoms with E-state index in [1.807, 2.05) is 29.6 Å². The van der Waals surface area contributed by atoms with Crippen molar-refractivity contribution in [3.05, 3.63) is 42.2 Å². The van der Waals surface area contributed by atoms with Crippen LogP contribution in [0.3, 0.4) is 0 Å². The van der Waals surface area contributed by atoms with Crippen LogP contribution in [0.15, 0.2) is 30.6 Å². The standard InChI is InChI=1S/C24H28F2N6O2/c1-14(2)31-9-10-34-23-18(25)11-15(12-20(23)31)22-19(26)13-27-24(29-22)28-21-7-8-32(30-21)16-3-5-17(33)6-4-16/h7-8,11-14,16-17,33H,3-6,9-10H2,1-2H3,(H,27,28,29,30). The van der Waals surface area contributed by atoms with Crippen molar-refractivity contribution >= 4 is 17.5 Å². The fourth-order valence-corrected chi connectivity index (χ4v) is 4.65. The number of anilines is 3. The highest BCUT2D eigenvalue weighted by Crippen LogP contribution is 2.39. The molecule has 3 heterocycles. The van der Waals surface area contributed by atoms with E-state index in [4.69, 9.17) is 4.74 Å². The molecule has 1 aromatic carbocycles. The summed E-state index contributed by atoms with van der Waals surface area (Å²) >= 11 is 0. The molecule has 0 atom stereocenters. The quantitative estimate of drug-likeness (QED) is 0.570. The zero-order chi connectivity index (χ0) is 23.8. The number of nitrogens with one attached hydrogen (secondary N) is 1. The number of benzene rings is 1. The molecule has 0 amide bonds. The fraction of sp³-hybridized carbons (Fsp3) is 0.458. The molecule has 2 N–H and O–H groups in total. The van der Waals surface area contributed by atoms with E-state index < -0.39 is 11.6 Å². The highest BCUT2D eigenvalue weighted by Gasteiger charge is 2.26. The molecule has 180 valence electrons. The van der Waals surface area contributed by atoms with Crippen molar-refractivity contribution in [1.82, 2.24) is 19.7 Å². The minimum absolute atomic E-state index is 0.00539. The molecular formula is C24H28F2N6O2. The number of nitrogens with zero attached hydrogens (tertiary/aromatic N) is 5. The zero-order valence-electron chi connectivity index (χ0n) is 19.2. The molecule has 2 aliphatic rings. The summed E-state index contributed by atoms with van der Waals surface area (Å²) in [5.74, 6) is -0.335. The maximum atomic E-state index is 14.9. The molecule has 0 bridgehead atoms. The Morgan fingerprint density at radius 3 is 2.71 bits per heavy atom. The van der Waals surface area contributed by atoms with Gasteiger partial charge < -0.3 is 20.1 Å². The van der Waals surface area contributed by atoms with Crippen molar-refractivity contribution in [2.24, 2.45) is 0 Å². The summed E-state index contributed by atoms with van der Waals surface area (Å²) in [6.07, 6.45) is 5.94. The molecule has 0 unspecified atom stereocenters. The molecule has 0 saturated heterocycles. The Labute approximate surface area is 196 Å². The molecule has 8 nitrogen and oxygen atoms in total. The largest absolute Gasteiger partial charge is 0.486 e. The van der Waals surface area contributed by atoms with Gasteiger partial charge in [-0.15, -0.1) is 0 Å². The average Bonchev–Trinajstić information content (AvgIpc) is 3.28. The van der Waals surface area contributed by atoms with E-state index >= 15 is 0 Å². The second kappa shape index (κ2) is 9.17. The van der Waals surface area contributed by atoms with Crippen molar-refractivity contribution in [3.63, 3.8) is 0 Å². The first kappa shape index (κ1) is 22.5. The summed E-state index contributed by atoms with van der Waals surface area (Å²) in [5.41, 5.74) is 0.885. The van der Waals surface area contributed by atoms with Crippen LogP contribution < -0.4 is 15.0 Å². The Hall–Kier alpha value is -3.27. The summed E-state index contributed by atoms with van der Waals surface area (Å²) in [7, 11) is 0. The number of rotatable bonds is 5. The normalized spacial score (nSPS) is 20.2. The first-order chi connectivity index (χ1) is 16.4. The molecule has 10 heteroatoms. The molecule has 5 rings (SSSR count). The number of halogens is 2. The monoisotopic (exact) mass is 470 g/mol. The first-order valence-electron chi connectivity index (χ1n) is 11.6. The van der Waals surface area contributed by atoms with Crippen LogP contribution in [0.5, 0.6) is 5.75 Å². The van der Waals surface area contributed by atoms with Crippen molar-refractivity contribution < 1.29 is 18.6 Å². The average molecular weight is 471 g/mol. The van der Waals surface area contributed by atoms with Gasteiger partial charge in [-0.1, -0.05) is 0 Å². The minimum atomic E-state index is -0.649. The third kappa shape index (κ3) is 4.42. The summed E-state index contributed by atoms with van der Waals surface area (Å²) in [6, 6.07) is 5.11. The maximum Gasteiger partial charge on any atom is 0.229 e. The molecule has 34 heavy (non-hydrogen) atoms. The summed E-state index contributed by atoms with van der Waals surface area (Å²) < 4.78 is 37.0. The van der Waals surface area contributed by atoms with Crippen molar-refractivity contribution in [3.8, 4) is 17.0 Å². The van der Waals surface area contributed by atoms with Gasteiger partial charge in [-0.2, -0.15) is 5.10 Å². The van der Waals surface area contributed by atoms with Gasteiger partial charge in [0.2, 0.25) is 5.95 Å². The lowest BCUT2D eigenvalue weighted by molar-refractivity contribution is 0.108. The lowest BCUT2D eigenvalue weighted by Gasteiger charge is -2.34. The second-order valence-corrected chi connectivity index (χ2v) is 9.10. The van der Waals surface area contributed by atoms with E-state index in [9.17, 15) is 13.9 Å². The number of aromatic nitrogens is 4. The molecule has 2 aromatic heterocycles. The predicted octanol–water partition coefficient (Wildman–Crippen LogP) is 4.45. The number of aliphatic hydroxyl groups excluding tert-OH is 1. The van der Waals surface area contributed by atoms with Crippen LogP contribution in [0.4, 0.5) is 26.2 Å². The summed E-state index contributed by atoms with van der Waals surface area (Å²) in [6.45, 7) is 5.05. The smallest absolute Gasteiger partial charge is 0.229 e. The topological polar surface area (TPSA) is 88.3 Å². The highest BCUT2D eigenvalue weighted by molar-refractivity contribution is 5.73. The highest BCUT2D eigenvalue weighted by atomic mass is 19.1. The van der Waals surface area contributed by atoms with E-state index in [1.165, 1.54) is 6.07 Å². The molecular weight excluding hydrogens is 442 g/mol. The molecule has 1 saturated carbocycles. The van der Waals surface area contributed by atoms with Crippen LogP contribution in [-0.4, -0.2) is 50.2 Å². The summed E-state index contributed by atoms with van der Waals surface area (Å²) in [4.78, 5) is 10.4. The molecule has 3 aromatic rings. The van der Waals surface area contributed by atoms with E-state index in [0.717, 1.165) is 31.9 Å². The van der Waals surface area contributed by atoms with Gasteiger partial charge in [0.05, 0.1) is 30.6 Å². The molecule has 1 aliphatic carbocycles. The van der Waals surface area contributed by atoms with E-state index in [2.05, 4.69) is 20.4 Å². The fourth-order valence-electron chi connectivity index (χ4n) is 4.65. The van der Waals surface area contributed by atoms with Gasteiger partial charge in [0.15, 0.2) is 23.2 Å². The third-order valence-electron chi connectivity index (χ3n) is 6.44. The third-order valence-corrected chi connectivity index (χ3v) is 6.44. The van der Waals surface area contributed by atoms with Crippen LogP contribution in [0, 0.1) is 11.6 Å². The van der Waals surface area contributed by atoms with Gasteiger partial charge in [0, 0.05) is 23.9 Å². The Kier molecular flexibility index (Phi) is 6.07. The number of ether oxygens (including phenoxy) is 1. The van der Waals surface area contributed by atoms with Gasteiger partial charge in [-0.25, -0.2) is 18.7 Å². The molecule has 1 fully saturated rings. The Morgan fingerprint density at radius 2 is 1.94 bits per heavy atom. The zero-order valence-corrected chi connectivity index (χ0v) is 19.2. The van der Waals surface area contributed by atoms with Crippen LogP contribution in [0.2, 0.25) is 0 Å². The predicted molar refractivity (Wildman–Crippen MR) is 124 cm³/mol. The minimum Gasteiger partial charge on any atom is -0.486 e. The number of fused-ring (bicyclic) bond motifs is 1. The van der Waals surface area contributed by atoms with E-state index in [0.29, 0.717) is 30.2 Å². The molecule has 0 radical (unpaired) electrons. The van der Waals surface area contributed by atoms with Crippen molar-refractivity contribution in [1.29, 1.82) is 0 Å². The lowest BCUT2D eigenvalue weighted by Crippen LogP contribution is -2.38. The summed E-state index contributed by atoms with van der Waals surface area (Å²) in [5, 5.41) is 17.3. The van der Waals surface area contributed by atoms with E-state index in [-0.39, 0.29) is 35.6 Å². The van der Waals surface area contributed by atoms with Crippen LogP contribution in [0.25, 0.3) is 11.3 Å². The van der Waals surface area contributed by atoms with Crippen LogP contribution >= 0.6 is 0 Å². The number of aliphatic hydroxyl groups is 1. The van der Waals surface area contributed by atoms with Crippen LogP contribution in [-0.2, 0) is 0 Å². The molecule has 1 aliphatic heterocycles. The van der Waals surface area contributed by atoms with Crippen molar-refractivity contribution in [2.75, 3.05) is 23.4 Å². The van der Waals surface area contributed by atoms with Crippen LogP contribution in [0.1, 0.15) is 45.6 Å². The maximum absolute atomic E-state index is 14.9. The van der Waals surface area contributed by atoms with Gasteiger partial charge in [0.1, 0.15) is 12.3 Å². The number of hydrogen-bond acceptors (Lipinski definition) is 7. The lowest BCUT2D eigenvalue weighted by atomic mass is 9.93. The molecule has 0 spiro atoms. The number of hydrogen-bond donors (Lipinski definition) is 2. The Morgan fingerprint density at radius 1 is 1.15 bits per heavy atom. The van der Waals surface area contributed by atoms with Crippen molar-refractivity contribution in [2.45, 2.75) is 57.7 Å². The Balaban J connectivity index is 1.41.